The number of hydrogen-bond donors (Lipinski definition) is 0. The average Bonchev–Trinajstić information content (AvgIpc) is 2.80. The molecule has 0 spiro atoms. The molecule has 0 unspecified atom stereocenters. The molecule has 0 saturated heterocycles. The molecular weight excluding hydrogens is 486 g/mol. The van der Waals surface area contributed by atoms with Crippen molar-refractivity contribution in [3.63, 3.8) is 0 Å². The van der Waals surface area contributed by atoms with E-state index >= 15 is 0 Å². The van der Waals surface area contributed by atoms with Gasteiger partial charge in [0.1, 0.15) is 6.54 Å². The maximum absolute atomic E-state index is 12.4. The number of carbonyl (C=O) groups excluding carboxylic acids is 2. The first-order valence-electron chi connectivity index (χ1n) is 15.4. The Morgan fingerprint density at radius 3 is 1.43 bits per heavy atom. The third kappa shape index (κ3) is 29.6. The molecule has 222 valence electrons. The van der Waals surface area contributed by atoms with Crippen molar-refractivity contribution < 1.29 is 36.0 Å². The van der Waals surface area contributed by atoms with E-state index in [1.165, 1.54) is 96.3 Å². The summed E-state index contributed by atoms with van der Waals surface area (Å²) >= 11 is 0. The van der Waals surface area contributed by atoms with E-state index in [1.807, 2.05) is 0 Å². The highest BCUT2D eigenvalue weighted by molar-refractivity contribution is 5.72. The van der Waals surface area contributed by atoms with Crippen molar-refractivity contribution in [2.45, 2.75) is 155 Å². The van der Waals surface area contributed by atoms with Crippen LogP contribution in [-0.4, -0.2) is 56.8 Å². The van der Waals surface area contributed by atoms with Crippen LogP contribution >= 0.6 is 0 Å². The molecule has 0 aliphatic heterocycles. The van der Waals surface area contributed by atoms with Crippen LogP contribution in [-0.2, 0) is 19.1 Å². The van der Waals surface area contributed by atoms with Gasteiger partial charge in [-0.15, -0.1) is 0 Å². The number of hydrogen-bond acceptors (Lipinski definition) is 4. The molecule has 0 bridgehead atoms. The Balaban J connectivity index is 0. The number of ether oxygens (including phenoxy) is 2. The topological polar surface area (TPSA) is 52.6 Å². The van der Waals surface area contributed by atoms with E-state index in [0.717, 1.165) is 25.7 Å². The van der Waals surface area contributed by atoms with Crippen molar-refractivity contribution in [3.05, 3.63) is 0 Å². The lowest BCUT2D eigenvalue weighted by molar-refractivity contribution is -0.873. The monoisotopic (exact) mass is 547 g/mol. The highest BCUT2D eigenvalue weighted by atomic mass is 35.5. The first kappa shape index (κ1) is 38.3. The molecule has 0 amide bonds. The van der Waals surface area contributed by atoms with E-state index in [0.29, 0.717) is 24.1 Å². The van der Waals surface area contributed by atoms with Crippen molar-refractivity contribution in [2.24, 2.45) is 0 Å². The molecule has 0 aromatic heterocycles. The third-order valence-electron chi connectivity index (χ3n) is 6.69. The summed E-state index contributed by atoms with van der Waals surface area (Å²) in [6.45, 7) is 5.57. The zero-order valence-corrected chi connectivity index (χ0v) is 26.1. The van der Waals surface area contributed by atoms with Gasteiger partial charge < -0.3 is 26.4 Å². The molecule has 0 aromatic rings. The van der Waals surface area contributed by atoms with Gasteiger partial charge in [-0.25, -0.2) is 0 Å². The van der Waals surface area contributed by atoms with Gasteiger partial charge >= 0.3 is 11.9 Å². The van der Waals surface area contributed by atoms with Crippen molar-refractivity contribution in [1.82, 2.24) is 0 Å². The molecule has 0 aromatic carbocycles. The van der Waals surface area contributed by atoms with Crippen LogP contribution in [0.15, 0.2) is 0 Å². The minimum absolute atomic E-state index is 0. The van der Waals surface area contributed by atoms with Gasteiger partial charge in [0.25, 0.3) is 0 Å². The average molecular weight is 548 g/mol. The Bertz CT molecular complexity index is 522. The van der Waals surface area contributed by atoms with E-state index in [2.05, 4.69) is 35.0 Å². The molecule has 5 nitrogen and oxygen atoms in total. The van der Waals surface area contributed by atoms with Gasteiger partial charge in [0.05, 0.1) is 34.2 Å². The van der Waals surface area contributed by atoms with Crippen LogP contribution in [0.1, 0.15) is 149 Å². The lowest BCUT2D eigenvalue weighted by atomic mass is 10.1. The Kier molecular flexibility index (Phi) is 27.8. The second-order valence-electron chi connectivity index (χ2n) is 11.8. The van der Waals surface area contributed by atoms with E-state index in [9.17, 15) is 9.59 Å². The number of halogens is 1. The fraction of sp³-hybridized carbons (Fsp3) is 0.935. The summed E-state index contributed by atoms with van der Waals surface area (Å²) in [6.07, 6.45) is 23.8. The molecule has 1 atom stereocenters. The van der Waals surface area contributed by atoms with Crippen LogP contribution in [0.5, 0.6) is 0 Å². The molecule has 0 aliphatic rings. The minimum Gasteiger partial charge on any atom is -1.00 e. The van der Waals surface area contributed by atoms with Crippen LogP contribution < -0.4 is 12.4 Å². The Labute approximate surface area is 236 Å². The second kappa shape index (κ2) is 26.8. The quantitative estimate of drug-likeness (QED) is 0.0828. The van der Waals surface area contributed by atoms with Crippen LogP contribution in [0.2, 0.25) is 0 Å². The molecule has 6 heteroatoms. The predicted molar refractivity (Wildman–Crippen MR) is 152 cm³/mol. The summed E-state index contributed by atoms with van der Waals surface area (Å²) in [5.74, 6) is -0.432. The molecule has 0 aliphatic carbocycles. The highest BCUT2D eigenvalue weighted by Gasteiger charge is 2.25. The summed E-state index contributed by atoms with van der Waals surface area (Å²) < 4.78 is 11.8. The van der Waals surface area contributed by atoms with Gasteiger partial charge in [-0.2, -0.15) is 0 Å². The molecular formula is C31H62ClNO4. The lowest BCUT2D eigenvalue weighted by Gasteiger charge is -2.28. The fourth-order valence-electron chi connectivity index (χ4n) is 4.60. The Hall–Kier alpha value is -0.810. The maximum atomic E-state index is 12.4. The Morgan fingerprint density at radius 1 is 0.595 bits per heavy atom. The highest BCUT2D eigenvalue weighted by Crippen LogP contribution is 2.14. The van der Waals surface area contributed by atoms with Crippen molar-refractivity contribution in [1.29, 1.82) is 0 Å². The van der Waals surface area contributed by atoms with Crippen molar-refractivity contribution >= 4 is 11.9 Å². The predicted octanol–water partition coefficient (Wildman–Crippen LogP) is 5.38. The van der Waals surface area contributed by atoms with Crippen LogP contribution in [0.4, 0.5) is 0 Å². The second-order valence-corrected chi connectivity index (χ2v) is 11.8. The standard InChI is InChI=1S/C31H62NO4.ClH/c1-6-8-10-12-14-16-17-18-20-22-24-26-35-31(34)27-29(28-32(3,4)5)36-30(33)25-23-21-19-15-13-11-9-7-2;/h29H,6-28H2,1-5H3;1H/q+1;/p-1/t29-;/m1./s1. The summed E-state index contributed by atoms with van der Waals surface area (Å²) in [7, 11) is 6.15. The molecule has 0 rings (SSSR count). The number of quaternary nitrogens is 1. The summed E-state index contributed by atoms with van der Waals surface area (Å²) in [6, 6.07) is 0. The zero-order valence-electron chi connectivity index (χ0n) is 25.3. The number of likely N-dealkylation sites (N-methyl/N-ethyl adjacent to an activating group) is 1. The van der Waals surface area contributed by atoms with Crippen molar-refractivity contribution in [2.75, 3.05) is 34.3 Å². The van der Waals surface area contributed by atoms with Gasteiger partial charge in [-0.3, -0.25) is 9.59 Å². The van der Waals surface area contributed by atoms with Gasteiger partial charge in [-0.1, -0.05) is 123 Å². The van der Waals surface area contributed by atoms with Crippen LogP contribution in [0, 0.1) is 0 Å². The summed E-state index contributed by atoms with van der Waals surface area (Å²) in [5, 5.41) is 0. The van der Waals surface area contributed by atoms with Gasteiger partial charge in [0, 0.05) is 6.42 Å². The molecule has 37 heavy (non-hydrogen) atoms. The number of nitrogens with zero attached hydrogens (tertiary/aromatic N) is 1. The van der Waals surface area contributed by atoms with Gasteiger partial charge in [0.15, 0.2) is 6.10 Å². The number of rotatable bonds is 26. The molecule has 0 fully saturated rings. The van der Waals surface area contributed by atoms with E-state index in [1.54, 1.807) is 0 Å². The fourth-order valence-corrected chi connectivity index (χ4v) is 4.60. The Morgan fingerprint density at radius 2 is 1.00 bits per heavy atom. The summed E-state index contributed by atoms with van der Waals surface area (Å²) in [5.41, 5.74) is 0. The SMILES string of the molecule is CCCCCCCCCCCCCOC(=O)C[C@H](C[N+](C)(C)C)OC(=O)CCCCCCCCCC.[Cl-]. The summed E-state index contributed by atoms with van der Waals surface area (Å²) in [4.78, 5) is 24.8. The molecule has 0 N–H and O–H groups in total. The maximum Gasteiger partial charge on any atom is 0.309 e. The van der Waals surface area contributed by atoms with E-state index in [4.69, 9.17) is 9.47 Å². The third-order valence-corrected chi connectivity index (χ3v) is 6.69. The minimum atomic E-state index is -0.420. The van der Waals surface area contributed by atoms with Gasteiger partial charge in [-0.05, 0) is 12.8 Å². The number of unbranched alkanes of at least 4 members (excludes halogenated alkanes) is 17. The largest absolute Gasteiger partial charge is 1.00 e. The van der Waals surface area contributed by atoms with Crippen LogP contribution in [0.3, 0.4) is 0 Å². The molecule has 0 saturated carbocycles. The van der Waals surface area contributed by atoms with E-state index < -0.39 is 6.10 Å². The van der Waals surface area contributed by atoms with Crippen molar-refractivity contribution in [3.8, 4) is 0 Å². The normalized spacial score (nSPS) is 12.1. The molecule has 0 heterocycles. The smallest absolute Gasteiger partial charge is 0.309 e. The zero-order chi connectivity index (χ0) is 26.9. The van der Waals surface area contributed by atoms with E-state index in [-0.39, 0.29) is 30.8 Å². The van der Waals surface area contributed by atoms with Crippen LogP contribution in [0.25, 0.3) is 0 Å². The molecule has 0 radical (unpaired) electrons. The first-order valence-corrected chi connectivity index (χ1v) is 15.4. The lowest BCUT2D eigenvalue weighted by Crippen LogP contribution is -3.00. The number of carbonyl (C=O) groups is 2. The first-order chi connectivity index (χ1) is 17.3. The van der Waals surface area contributed by atoms with Gasteiger partial charge in [0.2, 0.25) is 0 Å². The number of esters is 2.